The van der Waals surface area contributed by atoms with Gasteiger partial charge >= 0.3 is 11.9 Å². The van der Waals surface area contributed by atoms with Gasteiger partial charge in [-0.05, 0) is 55.7 Å². The van der Waals surface area contributed by atoms with E-state index in [1.807, 2.05) is 25.1 Å². The fourth-order valence-electron chi connectivity index (χ4n) is 4.53. The molecule has 2 heterocycles. The van der Waals surface area contributed by atoms with Crippen LogP contribution in [0.1, 0.15) is 65.6 Å². The molecule has 1 saturated heterocycles. The zero-order chi connectivity index (χ0) is 26.1. The summed E-state index contributed by atoms with van der Waals surface area (Å²) in [5.74, 6) is -5.60. The van der Waals surface area contributed by atoms with Crippen LogP contribution in [0.4, 0.5) is 8.78 Å². The van der Waals surface area contributed by atoms with Gasteiger partial charge in [0.25, 0.3) is 5.91 Å². The number of amides is 1. The Morgan fingerprint density at radius 1 is 1.14 bits per heavy atom. The molecule has 5 nitrogen and oxygen atoms in total. The van der Waals surface area contributed by atoms with Crippen molar-refractivity contribution in [1.82, 2.24) is 4.90 Å². The smallest absolute Gasteiger partial charge is 0.345 e. The van der Waals surface area contributed by atoms with E-state index in [1.54, 1.807) is 18.2 Å². The second kappa shape index (κ2) is 13.1. The number of aromatic carboxylic acids is 1. The molecule has 1 amide bonds. The standard InChI is InChI=1S/C28H35F2NO4S/c1-20(9-4-2-5-10-21-11-6-3-7-12-21)24(32)16-14-22-19-28(29,30)27(35)31(22)18-8-13-23-15-17-25(36-23)26(33)34/h3,6-7,11-12,14-17,20,22,24,32H,2,4-5,8-10,13,18-19H2,1H3,(H,33,34)/t20-,22?,24-/m1/s1. The number of benzene rings is 1. The minimum Gasteiger partial charge on any atom is -0.477 e. The lowest BCUT2D eigenvalue weighted by Crippen LogP contribution is -2.36. The Hall–Kier alpha value is -2.58. The number of carboxylic acid groups (broad SMARTS) is 1. The topological polar surface area (TPSA) is 77.8 Å². The van der Waals surface area contributed by atoms with Crippen molar-refractivity contribution in [3.63, 3.8) is 0 Å². The maximum atomic E-state index is 14.2. The quantitative estimate of drug-likeness (QED) is 0.238. The van der Waals surface area contributed by atoms with E-state index in [9.17, 15) is 23.5 Å². The summed E-state index contributed by atoms with van der Waals surface area (Å²) in [4.78, 5) is 25.5. The van der Waals surface area contributed by atoms with E-state index in [2.05, 4.69) is 12.1 Å². The Morgan fingerprint density at radius 2 is 1.89 bits per heavy atom. The zero-order valence-electron chi connectivity index (χ0n) is 20.6. The van der Waals surface area contributed by atoms with Crippen LogP contribution in [0.25, 0.3) is 0 Å². The summed E-state index contributed by atoms with van der Waals surface area (Å²) in [6.07, 6.45) is 7.70. The number of rotatable bonds is 14. The summed E-state index contributed by atoms with van der Waals surface area (Å²) < 4.78 is 28.3. The average Bonchev–Trinajstić information content (AvgIpc) is 3.41. The van der Waals surface area contributed by atoms with Crippen LogP contribution in [0, 0.1) is 5.92 Å². The first-order valence-corrected chi connectivity index (χ1v) is 13.4. The minimum absolute atomic E-state index is 0.00806. The molecule has 0 radical (unpaired) electrons. The van der Waals surface area contributed by atoms with Gasteiger partial charge in [-0.2, -0.15) is 8.78 Å². The van der Waals surface area contributed by atoms with Crippen LogP contribution in [0.2, 0.25) is 0 Å². The van der Waals surface area contributed by atoms with Gasteiger partial charge in [0.2, 0.25) is 0 Å². The van der Waals surface area contributed by atoms with Crippen molar-refractivity contribution in [3.05, 3.63) is 69.9 Å². The Morgan fingerprint density at radius 3 is 2.58 bits per heavy atom. The molecule has 3 rings (SSSR count). The van der Waals surface area contributed by atoms with Gasteiger partial charge in [0.1, 0.15) is 4.88 Å². The number of unbranched alkanes of at least 4 members (excludes halogenated alkanes) is 2. The number of carbonyl (C=O) groups excluding carboxylic acids is 1. The first-order chi connectivity index (χ1) is 17.2. The summed E-state index contributed by atoms with van der Waals surface area (Å²) in [5.41, 5.74) is 1.32. The van der Waals surface area contributed by atoms with E-state index < -0.39 is 36.4 Å². The van der Waals surface area contributed by atoms with Crippen LogP contribution in [0.15, 0.2) is 54.6 Å². The Labute approximate surface area is 215 Å². The van der Waals surface area contributed by atoms with Crippen LogP contribution in [-0.2, 0) is 17.6 Å². The highest BCUT2D eigenvalue weighted by Crippen LogP contribution is 2.34. The summed E-state index contributed by atoms with van der Waals surface area (Å²) >= 11 is 1.15. The third-order valence-corrected chi connectivity index (χ3v) is 7.85. The van der Waals surface area contributed by atoms with E-state index in [-0.39, 0.29) is 17.3 Å². The van der Waals surface area contributed by atoms with E-state index >= 15 is 0 Å². The predicted octanol–water partition coefficient (Wildman–Crippen LogP) is 5.97. The zero-order valence-corrected chi connectivity index (χ0v) is 21.4. The lowest BCUT2D eigenvalue weighted by atomic mass is 9.95. The number of alkyl halides is 2. The summed E-state index contributed by atoms with van der Waals surface area (Å²) in [6.45, 7) is 2.10. The number of hydrogen-bond donors (Lipinski definition) is 2. The molecule has 0 bridgehead atoms. The lowest BCUT2D eigenvalue weighted by molar-refractivity contribution is -0.148. The van der Waals surface area contributed by atoms with Crippen molar-refractivity contribution in [1.29, 1.82) is 0 Å². The van der Waals surface area contributed by atoms with Gasteiger partial charge in [0.05, 0.1) is 12.1 Å². The van der Waals surface area contributed by atoms with E-state index in [4.69, 9.17) is 5.11 Å². The number of thiophene rings is 1. The molecule has 1 aliphatic heterocycles. The maximum Gasteiger partial charge on any atom is 0.345 e. The Balaban J connectivity index is 1.44. The Bertz CT molecular complexity index is 1020. The number of aliphatic hydroxyl groups is 1. The fraction of sp³-hybridized carbons (Fsp3) is 0.500. The van der Waals surface area contributed by atoms with Gasteiger partial charge in [-0.1, -0.05) is 62.2 Å². The van der Waals surface area contributed by atoms with E-state index in [0.717, 1.165) is 48.3 Å². The van der Waals surface area contributed by atoms with Crippen LogP contribution >= 0.6 is 11.3 Å². The van der Waals surface area contributed by atoms with E-state index in [0.29, 0.717) is 12.8 Å². The molecule has 1 aromatic carbocycles. The molecule has 1 aromatic heterocycles. The Kier molecular flexibility index (Phi) is 10.2. The summed E-state index contributed by atoms with van der Waals surface area (Å²) in [5, 5.41) is 19.6. The molecule has 0 spiro atoms. The molecular weight excluding hydrogens is 484 g/mol. The van der Waals surface area contributed by atoms with Crippen LogP contribution in [0.3, 0.4) is 0 Å². The van der Waals surface area contributed by atoms with Crippen LogP contribution in [0.5, 0.6) is 0 Å². The van der Waals surface area contributed by atoms with Gasteiger partial charge < -0.3 is 15.1 Å². The van der Waals surface area contributed by atoms with Crippen LogP contribution < -0.4 is 0 Å². The normalized spacial score (nSPS) is 19.2. The molecule has 1 aliphatic rings. The number of likely N-dealkylation sites (tertiary alicyclic amines) is 1. The molecule has 0 saturated carbocycles. The first kappa shape index (κ1) is 28.0. The molecule has 2 aromatic rings. The highest BCUT2D eigenvalue weighted by atomic mass is 32.1. The number of halogens is 2. The summed E-state index contributed by atoms with van der Waals surface area (Å²) in [6, 6.07) is 12.8. The number of nitrogens with zero attached hydrogens (tertiary/aromatic N) is 1. The average molecular weight is 520 g/mol. The molecule has 196 valence electrons. The van der Waals surface area contributed by atoms with Gasteiger partial charge in [-0.15, -0.1) is 11.3 Å². The van der Waals surface area contributed by atoms with E-state index in [1.165, 1.54) is 16.5 Å². The molecule has 3 atom stereocenters. The highest BCUT2D eigenvalue weighted by Gasteiger charge is 2.52. The number of carboxylic acids is 1. The predicted molar refractivity (Wildman–Crippen MR) is 138 cm³/mol. The third-order valence-electron chi connectivity index (χ3n) is 6.72. The van der Waals surface area contributed by atoms with Crippen molar-refractivity contribution in [2.24, 2.45) is 5.92 Å². The molecule has 2 N–H and O–H groups in total. The molecule has 36 heavy (non-hydrogen) atoms. The van der Waals surface area contributed by atoms with Crippen molar-refractivity contribution in [2.75, 3.05) is 6.54 Å². The molecular formula is C28H35F2NO4S. The molecule has 0 aliphatic carbocycles. The first-order valence-electron chi connectivity index (χ1n) is 12.6. The third kappa shape index (κ3) is 7.96. The largest absolute Gasteiger partial charge is 0.477 e. The van der Waals surface area contributed by atoms with Gasteiger partial charge in [0.15, 0.2) is 0 Å². The second-order valence-electron chi connectivity index (χ2n) is 9.59. The lowest BCUT2D eigenvalue weighted by Gasteiger charge is -2.22. The minimum atomic E-state index is -3.41. The van der Waals surface area contributed by atoms with Gasteiger partial charge in [-0.3, -0.25) is 4.79 Å². The van der Waals surface area contributed by atoms with Crippen LogP contribution in [-0.4, -0.2) is 51.6 Å². The maximum absolute atomic E-state index is 14.2. The van der Waals surface area contributed by atoms with Gasteiger partial charge in [-0.25, -0.2) is 4.79 Å². The van der Waals surface area contributed by atoms with Crippen molar-refractivity contribution < 1.29 is 28.6 Å². The fourth-order valence-corrected chi connectivity index (χ4v) is 5.42. The van der Waals surface area contributed by atoms with Crippen molar-refractivity contribution >= 4 is 23.2 Å². The van der Waals surface area contributed by atoms with Crippen molar-refractivity contribution in [3.8, 4) is 0 Å². The van der Waals surface area contributed by atoms with Gasteiger partial charge in [0, 0.05) is 17.8 Å². The SMILES string of the molecule is C[C@H](CCCCCc1ccccc1)[C@H](O)C=CC1CC(F)(F)C(=O)N1CCCc1ccc(C(=O)O)s1. The number of hydrogen-bond acceptors (Lipinski definition) is 4. The number of aliphatic hydroxyl groups excluding tert-OH is 1. The number of carbonyl (C=O) groups is 2. The van der Waals surface area contributed by atoms with Crippen molar-refractivity contribution in [2.45, 2.75) is 76.4 Å². The molecule has 1 fully saturated rings. The number of aryl methyl sites for hydroxylation is 2. The highest BCUT2D eigenvalue weighted by molar-refractivity contribution is 7.13. The monoisotopic (exact) mass is 519 g/mol. The molecule has 8 heteroatoms. The molecule has 1 unspecified atom stereocenters. The summed E-state index contributed by atoms with van der Waals surface area (Å²) in [7, 11) is 0. The second-order valence-corrected chi connectivity index (χ2v) is 10.8.